The van der Waals surface area contributed by atoms with Crippen LogP contribution >= 0.6 is 0 Å². The summed E-state index contributed by atoms with van der Waals surface area (Å²) in [7, 11) is 0. The van der Waals surface area contributed by atoms with Crippen molar-refractivity contribution < 1.29 is 15.0 Å². The number of aliphatic carboxylic acids is 1. The quantitative estimate of drug-likeness (QED) is 0.292. The number of unbranched alkanes of at least 4 members (excludes halogenated alkanes) is 3. The van der Waals surface area contributed by atoms with Crippen LogP contribution in [0.2, 0.25) is 0 Å². The first-order chi connectivity index (χ1) is 10.7. The van der Waals surface area contributed by atoms with Crippen LogP contribution in [-0.2, 0) is 4.79 Å². The van der Waals surface area contributed by atoms with Crippen molar-refractivity contribution in [2.45, 2.75) is 64.4 Å². The third kappa shape index (κ3) is 16.4. The molecule has 1 unspecified atom stereocenters. The third-order valence-electron chi connectivity index (χ3n) is 3.14. The molecule has 0 radical (unpaired) electrons. The van der Waals surface area contributed by atoms with Gasteiger partial charge in [-0.1, -0.05) is 62.0 Å². The second kappa shape index (κ2) is 15.8. The van der Waals surface area contributed by atoms with E-state index in [1.54, 1.807) is 6.08 Å². The van der Waals surface area contributed by atoms with Crippen LogP contribution in [0, 0.1) is 0 Å². The van der Waals surface area contributed by atoms with Gasteiger partial charge in [-0.15, -0.1) is 0 Å². The van der Waals surface area contributed by atoms with Crippen LogP contribution in [0.4, 0.5) is 0 Å². The molecule has 3 nitrogen and oxygen atoms in total. The zero-order chi connectivity index (χ0) is 16.5. The Morgan fingerprint density at radius 1 is 0.955 bits per heavy atom. The Hall–Kier alpha value is -1.61. The number of carboxylic acid groups (broad SMARTS) is 1. The molecule has 0 amide bonds. The molecule has 3 heteroatoms. The van der Waals surface area contributed by atoms with Crippen molar-refractivity contribution in [2.24, 2.45) is 0 Å². The summed E-state index contributed by atoms with van der Waals surface area (Å²) < 4.78 is 0. The topological polar surface area (TPSA) is 57.5 Å². The summed E-state index contributed by atoms with van der Waals surface area (Å²) in [6.07, 6.45) is 22.6. The molecule has 0 aromatic heterocycles. The largest absolute Gasteiger partial charge is 0.481 e. The van der Waals surface area contributed by atoms with E-state index in [4.69, 9.17) is 5.11 Å². The number of hydrogen-bond acceptors (Lipinski definition) is 2. The SMILES string of the molecule is CCC(O)/C=C/C=C\C/C=C\C/C=C\CCCCCC(=O)O. The zero-order valence-electron chi connectivity index (χ0n) is 13.7. The summed E-state index contributed by atoms with van der Waals surface area (Å²) >= 11 is 0. The van der Waals surface area contributed by atoms with E-state index in [2.05, 4.69) is 30.4 Å². The highest BCUT2D eigenvalue weighted by Gasteiger charge is 1.94. The molecule has 0 aliphatic carbocycles. The molecule has 0 heterocycles. The third-order valence-corrected chi connectivity index (χ3v) is 3.14. The zero-order valence-corrected chi connectivity index (χ0v) is 13.7. The minimum absolute atomic E-state index is 0.284. The minimum Gasteiger partial charge on any atom is -0.481 e. The molecule has 0 fully saturated rings. The van der Waals surface area contributed by atoms with E-state index in [-0.39, 0.29) is 12.5 Å². The molecule has 2 N–H and O–H groups in total. The van der Waals surface area contributed by atoms with Crippen LogP contribution in [0.15, 0.2) is 48.6 Å². The number of carboxylic acids is 1. The first-order valence-electron chi connectivity index (χ1n) is 8.20. The maximum absolute atomic E-state index is 10.3. The van der Waals surface area contributed by atoms with Crippen molar-refractivity contribution in [2.75, 3.05) is 0 Å². The molecule has 0 aliphatic heterocycles. The smallest absolute Gasteiger partial charge is 0.303 e. The lowest BCUT2D eigenvalue weighted by molar-refractivity contribution is -0.137. The molecule has 1 atom stereocenters. The van der Waals surface area contributed by atoms with Crippen LogP contribution < -0.4 is 0 Å². The fourth-order valence-corrected chi connectivity index (χ4v) is 1.76. The molecule has 0 aromatic carbocycles. The van der Waals surface area contributed by atoms with E-state index < -0.39 is 5.97 Å². The van der Waals surface area contributed by atoms with Gasteiger partial charge < -0.3 is 10.2 Å². The maximum atomic E-state index is 10.3. The molecule has 0 aromatic rings. The Bertz CT molecular complexity index is 378. The van der Waals surface area contributed by atoms with Gasteiger partial charge in [0, 0.05) is 6.42 Å². The highest BCUT2D eigenvalue weighted by molar-refractivity contribution is 5.66. The van der Waals surface area contributed by atoms with Crippen molar-refractivity contribution >= 4 is 5.97 Å². The molecule has 0 spiro atoms. The van der Waals surface area contributed by atoms with Crippen molar-refractivity contribution in [3.63, 3.8) is 0 Å². The van der Waals surface area contributed by atoms with E-state index >= 15 is 0 Å². The van der Waals surface area contributed by atoms with Gasteiger partial charge in [0.05, 0.1) is 6.10 Å². The predicted molar refractivity (Wildman–Crippen MR) is 92.8 cm³/mol. The molecule has 22 heavy (non-hydrogen) atoms. The highest BCUT2D eigenvalue weighted by Crippen LogP contribution is 2.04. The first kappa shape index (κ1) is 20.4. The summed E-state index contributed by atoms with van der Waals surface area (Å²) in [6, 6.07) is 0. The number of carbonyl (C=O) groups is 1. The molecular formula is C19H30O3. The lowest BCUT2D eigenvalue weighted by Gasteiger charge is -1.96. The van der Waals surface area contributed by atoms with Crippen molar-refractivity contribution in [1.82, 2.24) is 0 Å². The standard InChI is InChI=1S/C19H30O3/c1-2-18(20)16-14-12-10-8-6-4-3-5-7-9-11-13-15-17-19(21)22/h4-7,10,12,14,16,18,20H,2-3,8-9,11,13,15,17H2,1H3,(H,21,22)/b6-4-,7-5-,12-10-,16-14+. The van der Waals surface area contributed by atoms with Gasteiger partial charge in [-0.05, 0) is 38.5 Å². The van der Waals surface area contributed by atoms with E-state index in [0.717, 1.165) is 44.9 Å². The fourth-order valence-electron chi connectivity index (χ4n) is 1.76. The number of hydrogen-bond donors (Lipinski definition) is 2. The van der Waals surface area contributed by atoms with Gasteiger partial charge in [0.1, 0.15) is 0 Å². The Balaban J connectivity index is 3.46. The van der Waals surface area contributed by atoms with Gasteiger partial charge in [-0.3, -0.25) is 4.79 Å². The Morgan fingerprint density at radius 3 is 2.32 bits per heavy atom. The minimum atomic E-state index is -0.702. The maximum Gasteiger partial charge on any atom is 0.303 e. The number of aliphatic hydroxyl groups excluding tert-OH is 1. The van der Waals surface area contributed by atoms with Gasteiger partial charge in [0.2, 0.25) is 0 Å². The summed E-state index contributed by atoms with van der Waals surface area (Å²) in [5, 5.41) is 17.8. The monoisotopic (exact) mass is 306 g/mol. The summed E-state index contributed by atoms with van der Waals surface area (Å²) in [4.78, 5) is 10.3. The van der Waals surface area contributed by atoms with Crippen LogP contribution in [-0.4, -0.2) is 22.3 Å². The van der Waals surface area contributed by atoms with Gasteiger partial charge in [0.25, 0.3) is 0 Å². The molecule has 0 rings (SSSR count). The second-order valence-corrected chi connectivity index (χ2v) is 5.20. The highest BCUT2D eigenvalue weighted by atomic mass is 16.4. The molecule has 124 valence electrons. The second-order valence-electron chi connectivity index (χ2n) is 5.20. The van der Waals surface area contributed by atoms with Crippen molar-refractivity contribution in [3.05, 3.63) is 48.6 Å². The van der Waals surface area contributed by atoms with Crippen LogP contribution in [0.5, 0.6) is 0 Å². The predicted octanol–water partition coefficient (Wildman–Crippen LogP) is 4.80. The molecular weight excluding hydrogens is 276 g/mol. The van der Waals surface area contributed by atoms with E-state index in [0.29, 0.717) is 0 Å². The fraction of sp³-hybridized carbons (Fsp3) is 0.526. The van der Waals surface area contributed by atoms with Crippen LogP contribution in [0.25, 0.3) is 0 Å². The normalized spacial score (nSPS) is 13.9. The van der Waals surface area contributed by atoms with E-state index in [1.807, 2.05) is 19.1 Å². The molecule has 0 saturated carbocycles. The Morgan fingerprint density at radius 2 is 1.64 bits per heavy atom. The Labute approximate surface area is 134 Å². The Kier molecular flexibility index (Phi) is 14.6. The number of aliphatic hydroxyl groups is 1. The average molecular weight is 306 g/mol. The van der Waals surface area contributed by atoms with Gasteiger partial charge >= 0.3 is 5.97 Å². The number of allylic oxidation sites excluding steroid dienone is 7. The summed E-state index contributed by atoms with van der Waals surface area (Å²) in [5.41, 5.74) is 0. The lowest BCUT2D eigenvalue weighted by atomic mass is 10.1. The molecule has 0 bridgehead atoms. The van der Waals surface area contributed by atoms with Gasteiger partial charge in [-0.25, -0.2) is 0 Å². The first-order valence-corrected chi connectivity index (χ1v) is 8.20. The van der Waals surface area contributed by atoms with Crippen LogP contribution in [0.1, 0.15) is 58.3 Å². The van der Waals surface area contributed by atoms with E-state index in [1.165, 1.54) is 0 Å². The molecule has 0 saturated heterocycles. The summed E-state index contributed by atoms with van der Waals surface area (Å²) in [6.45, 7) is 1.95. The lowest BCUT2D eigenvalue weighted by Crippen LogP contribution is -1.97. The van der Waals surface area contributed by atoms with Crippen molar-refractivity contribution in [1.29, 1.82) is 0 Å². The van der Waals surface area contributed by atoms with Gasteiger partial charge in [0.15, 0.2) is 0 Å². The average Bonchev–Trinajstić information content (AvgIpc) is 2.50. The molecule has 0 aliphatic rings. The van der Waals surface area contributed by atoms with Crippen molar-refractivity contribution in [3.8, 4) is 0 Å². The van der Waals surface area contributed by atoms with E-state index in [9.17, 15) is 9.90 Å². The van der Waals surface area contributed by atoms with Gasteiger partial charge in [-0.2, -0.15) is 0 Å². The number of rotatable bonds is 13. The van der Waals surface area contributed by atoms with Crippen LogP contribution in [0.3, 0.4) is 0 Å². The summed E-state index contributed by atoms with van der Waals surface area (Å²) in [5.74, 6) is -0.702.